The van der Waals surface area contributed by atoms with Crippen LogP contribution in [0.25, 0.3) is 0 Å². The first kappa shape index (κ1) is 12.0. The monoisotopic (exact) mass is 182 g/mol. The molecule has 0 aliphatic carbocycles. The molecule has 0 N–H and O–H groups in total. The number of hydrogen-bond acceptors (Lipinski definition) is 1. The molecule has 0 aromatic rings. The van der Waals surface area contributed by atoms with Gasteiger partial charge in [-0.05, 0) is 0 Å². The van der Waals surface area contributed by atoms with Gasteiger partial charge in [-0.1, -0.05) is 0 Å². The summed E-state index contributed by atoms with van der Waals surface area (Å²) in [7, 11) is 0.0459. The van der Waals surface area contributed by atoms with Crippen molar-refractivity contribution in [2.75, 3.05) is 7.11 Å². The van der Waals surface area contributed by atoms with Crippen LogP contribution in [0.15, 0.2) is 0 Å². The van der Waals surface area contributed by atoms with Crippen molar-refractivity contribution >= 4 is 34.6 Å². The first-order chi connectivity index (χ1) is 4.75. The molecule has 62 valence electrons. The van der Waals surface area contributed by atoms with E-state index in [1.807, 2.05) is 7.11 Å². The van der Waals surface area contributed by atoms with Gasteiger partial charge in [0.2, 0.25) is 0 Å². The molecule has 0 radical (unpaired) electrons. The third-order valence-corrected chi connectivity index (χ3v) is 13.0. The number of ether oxygens (including phenoxy) is 1. The van der Waals surface area contributed by atoms with E-state index in [2.05, 4.69) is 50.5 Å². The zero-order valence-corrected chi connectivity index (χ0v) is 11.1. The molecule has 1 atom stereocenters. The third kappa shape index (κ3) is 2.46. The van der Waals surface area contributed by atoms with Crippen LogP contribution >= 0.6 is 0 Å². The molecule has 1 unspecified atom stereocenters. The third-order valence-electron chi connectivity index (χ3n) is 3.01. The topological polar surface area (TPSA) is 9.23 Å². The van der Waals surface area contributed by atoms with Gasteiger partial charge in [0.1, 0.15) is 0 Å². The Hall–Kier alpha value is 0.991. The molecule has 0 amide bonds. The molecule has 11 heavy (non-hydrogen) atoms. The summed E-state index contributed by atoms with van der Waals surface area (Å²) in [6.45, 7) is 11.9. The van der Waals surface area contributed by atoms with E-state index in [0.717, 1.165) is 0 Å². The molecule has 0 fully saturated rings. The summed E-state index contributed by atoms with van der Waals surface area (Å²) in [5.41, 5.74) is 0. The minimum absolute atomic E-state index is 0.257. The Morgan fingerprint density at radius 1 is 1.27 bits per heavy atom. The van der Waals surface area contributed by atoms with E-state index in [4.69, 9.17) is 4.74 Å². The molecule has 4 heteroatoms. The van der Waals surface area contributed by atoms with E-state index >= 15 is 0 Å². The van der Waals surface area contributed by atoms with Crippen molar-refractivity contribution in [3.63, 3.8) is 0 Å². The molecule has 0 heterocycles. The van der Waals surface area contributed by atoms with Crippen LogP contribution in [-0.4, -0.2) is 45.2 Å². The van der Waals surface area contributed by atoms with Crippen LogP contribution in [0.3, 0.4) is 0 Å². The second kappa shape index (κ2) is 3.80. The second-order valence-electron chi connectivity index (χ2n) is 4.72. The normalized spacial score (nSPS) is 18.6. The van der Waals surface area contributed by atoms with Gasteiger partial charge in [-0.25, -0.2) is 0 Å². The predicted octanol–water partition coefficient (Wildman–Crippen LogP) is 1.40. The van der Waals surface area contributed by atoms with Crippen LogP contribution in [0, 0.1) is 0 Å². The molecule has 0 saturated heterocycles. The van der Waals surface area contributed by atoms with Crippen molar-refractivity contribution in [3.05, 3.63) is 0 Å². The SMILES string of the molecule is [Li][C](OC)([SiH](C)C)[Si](C)(C)C. The van der Waals surface area contributed by atoms with Crippen LogP contribution in [0.2, 0.25) is 32.7 Å². The average molecular weight is 182 g/mol. The van der Waals surface area contributed by atoms with Crippen LogP contribution in [-0.2, 0) is 4.74 Å². The molecule has 0 aromatic heterocycles. The summed E-state index contributed by atoms with van der Waals surface area (Å²) in [6.07, 6.45) is 0. The van der Waals surface area contributed by atoms with Gasteiger partial charge < -0.3 is 0 Å². The average Bonchev–Trinajstić information content (AvgIpc) is 1.83. The van der Waals surface area contributed by atoms with Gasteiger partial charge in [0.25, 0.3) is 0 Å². The van der Waals surface area contributed by atoms with Crippen molar-refractivity contribution in [3.8, 4) is 0 Å². The zero-order valence-electron chi connectivity index (χ0n) is 8.99. The first-order valence-electron chi connectivity index (χ1n) is 4.31. The number of hydrogen-bond donors (Lipinski definition) is 0. The molecule has 0 saturated carbocycles. The van der Waals surface area contributed by atoms with E-state index in [9.17, 15) is 0 Å². The van der Waals surface area contributed by atoms with Gasteiger partial charge >= 0.3 is 82.7 Å². The van der Waals surface area contributed by atoms with Crippen LogP contribution in [0.5, 0.6) is 0 Å². The summed E-state index contributed by atoms with van der Waals surface area (Å²) in [4.78, 5) is 0. The predicted molar refractivity (Wildman–Crippen MR) is 57.7 cm³/mol. The van der Waals surface area contributed by atoms with Crippen molar-refractivity contribution in [1.82, 2.24) is 0 Å². The maximum absolute atomic E-state index is 5.69. The Balaban J connectivity index is 4.61. The Morgan fingerprint density at radius 3 is 1.64 bits per heavy atom. The van der Waals surface area contributed by atoms with E-state index in [0.29, 0.717) is 0 Å². The Morgan fingerprint density at radius 2 is 1.64 bits per heavy atom. The first-order valence-corrected chi connectivity index (χ1v) is 10.7. The maximum atomic E-state index is 5.69. The summed E-state index contributed by atoms with van der Waals surface area (Å²) in [5, 5.41) is 0. The quantitative estimate of drug-likeness (QED) is 0.600. The van der Waals surface area contributed by atoms with Crippen molar-refractivity contribution < 1.29 is 4.74 Å². The number of methoxy groups -OCH3 is 1. The molecule has 0 rings (SSSR count). The number of rotatable bonds is 3. The van der Waals surface area contributed by atoms with E-state index < -0.39 is 16.9 Å². The summed E-state index contributed by atoms with van der Waals surface area (Å²) in [6, 6.07) is 0. The van der Waals surface area contributed by atoms with Gasteiger partial charge in [-0.3, -0.25) is 0 Å². The molecule has 0 aliphatic heterocycles. The van der Waals surface area contributed by atoms with Crippen molar-refractivity contribution in [2.45, 2.75) is 36.3 Å². The molecule has 0 aromatic carbocycles. The fourth-order valence-corrected chi connectivity index (χ4v) is 9.42. The Bertz CT molecular complexity index is 133. The zero-order chi connectivity index (χ0) is 9.28. The van der Waals surface area contributed by atoms with E-state index in [-0.39, 0.29) is 3.52 Å². The molecule has 0 bridgehead atoms. The van der Waals surface area contributed by atoms with E-state index in [1.165, 1.54) is 0 Å². The molecule has 0 aliphatic rings. The fourth-order valence-electron chi connectivity index (χ4n) is 1.41. The van der Waals surface area contributed by atoms with Gasteiger partial charge in [0.15, 0.2) is 0 Å². The fraction of sp³-hybridized carbons (Fsp3) is 1.00. The molecular weight excluding hydrogens is 163 g/mol. The standard InChI is InChI=1S/C7H19OSi2.Li/c1-8-7(9(2)3)10(4,5)6;/h9H,1-6H3;. The van der Waals surface area contributed by atoms with Gasteiger partial charge in [0, 0.05) is 0 Å². The minimum atomic E-state index is -1.13. The molecular formula is C7H19LiOSi2. The van der Waals surface area contributed by atoms with Crippen molar-refractivity contribution in [2.24, 2.45) is 0 Å². The molecule has 1 nitrogen and oxygen atoms in total. The van der Waals surface area contributed by atoms with Gasteiger partial charge in [0.05, 0.1) is 0 Å². The molecule has 0 spiro atoms. The summed E-state index contributed by atoms with van der Waals surface area (Å²) >= 11 is 2.30. The van der Waals surface area contributed by atoms with E-state index in [1.54, 1.807) is 0 Å². The second-order valence-corrected chi connectivity index (χ2v) is 14.2. The van der Waals surface area contributed by atoms with Crippen LogP contribution in [0.4, 0.5) is 0 Å². The Kier molecular flexibility index (Phi) is 4.14. The Labute approximate surface area is 82.7 Å². The summed E-state index contributed by atoms with van der Waals surface area (Å²) in [5.74, 6) is 0. The van der Waals surface area contributed by atoms with Crippen LogP contribution in [0.1, 0.15) is 0 Å². The van der Waals surface area contributed by atoms with Gasteiger partial charge in [-0.2, -0.15) is 0 Å². The van der Waals surface area contributed by atoms with Gasteiger partial charge in [-0.15, -0.1) is 0 Å². The van der Waals surface area contributed by atoms with Crippen LogP contribution < -0.4 is 0 Å². The summed E-state index contributed by atoms with van der Waals surface area (Å²) < 4.78 is 5.94. The van der Waals surface area contributed by atoms with Crippen molar-refractivity contribution in [1.29, 1.82) is 0 Å².